The van der Waals surface area contributed by atoms with Crippen LogP contribution in [0.2, 0.25) is 0 Å². The van der Waals surface area contributed by atoms with Gasteiger partial charge in [0.2, 0.25) is 5.60 Å². The molecule has 18 heteroatoms. The zero-order valence-corrected chi connectivity index (χ0v) is 37.4. The number of aromatic amines is 1. The molecule has 9 rings (SSSR count). The van der Waals surface area contributed by atoms with Gasteiger partial charge in [-0.2, -0.15) is 0 Å². The summed E-state index contributed by atoms with van der Waals surface area (Å²) in [5.74, 6) is -4.89. The summed E-state index contributed by atoms with van der Waals surface area (Å²) in [5.41, 5.74) is 0.779. The predicted octanol–water partition coefficient (Wildman–Crippen LogP) is 2.25. The summed E-state index contributed by atoms with van der Waals surface area (Å²) >= 11 is 0. The standard InChI is InChI=1S/C43H50N4O8.C4H6O6/c1-8-40-14-11-16-46-17-15-41(35(40)46)28-19-29(32(52-5)20-31(28)45(4)36(41)43(51,39(50)54-7)37(40)55-25(3)48)42(38(49)53-6)21-26-18-24(2)22-47(23-26)33-27-12-9-10-13-30(27)44-34(33)42;5-1(3(7)8)2(6)4(9)10/h9-14,18-20,26,35-37,44,51H,8,15-17,21-23H2,1-7H3;1-2,5-6H,(H,7,8)(H,9,10)/t26-,35-,36+,37+,40+,41+,42-,43-;/m0./s1. The highest BCUT2D eigenvalue weighted by atomic mass is 16.6. The number of methoxy groups -OCH3 is 3. The Labute approximate surface area is 375 Å². The molecule has 1 aliphatic carbocycles. The fourth-order valence-corrected chi connectivity index (χ4v) is 12.8. The van der Waals surface area contributed by atoms with Gasteiger partial charge in [-0.25, -0.2) is 14.4 Å². The predicted molar refractivity (Wildman–Crippen MR) is 234 cm³/mol. The molecule has 0 radical (unpaired) electrons. The Hall–Kier alpha value is -5.95. The van der Waals surface area contributed by atoms with Crippen molar-refractivity contribution >= 4 is 52.1 Å². The van der Waals surface area contributed by atoms with Crippen molar-refractivity contribution in [1.82, 2.24) is 9.88 Å². The molecule has 2 unspecified atom stereocenters. The highest BCUT2D eigenvalue weighted by Gasteiger charge is 2.80. The highest BCUT2D eigenvalue weighted by molar-refractivity contribution is 6.01. The number of aliphatic hydroxyl groups is 3. The first-order valence-electron chi connectivity index (χ1n) is 21.6. The van der Waals surface area contributed by atoms with Gasteiger partial charge in [0, 0.05) is 78.7 Å². The van der Waals surface area contributed by atoms with Crippen LogP contribution in [-0.2, 0) is 49.0 Å². The van der Waals surface area contributed by atoms with E-state index in [1.54, 1.807) is 7.11 Å². The molecule has 1 spiro atoms. The van der Waals surface area contributed by atoms with Gasteiger partial charge in [-0.05, 0) is 56.3 Å². The molecule has 2 aromatic carbocycles. The third-order valence-electron chi connectivity index (χ3n) is 14.9. The number of carboxylic acid groups (broad SMARTS) is 2. The monoisotopic (exact) mass is 900 g/mol. The number of hydrogen-bond acceptors (Lipinski definition) is 15. The molecule has 6 aliphatic rings. The number of carbonyl (C=O) groups is 5. The number of aliphatic carboxylic acids is 2. The molecule has 5 aliphatic heterocycles. The minimum atomic E-state index is -2.27. The zero-order valence-electron chi connectivity index (χ0n) is 37.4. The Morgan fingerprint density at radius 2 is 1.63 bits per heavy atom. The maximum atomic E-state index is 15.0. The van der Waals surface area contributed by atoms with Crippen LogP contribution in [0.4, 0.5) is 11.4 Å². The van der Waals surface area contributed by atoms with Crippen LogP contribution in [0.1, 0.15) is 56.9 Å². The van der Waals surface area contributed by atoms with Gasteiger partial charge in [-0.15, -0.1) is 0 Å². The summed E-state index contributed by atoms with van der Waals surface area (Å²) in [7, 11) is 6.19. The number of anilines is 2. The van der Waals surface area contributed by atoms with Gasteiger partial charge in [0.1, 0.15) is 11.2 Å². The van der Waals surface area contributed by atoms with Crippen LogP contribution in [0.3, 0.4) is 0 Å². The topological polar surface area (TPSA) is 249 Å². The number of nitrogens with one attached hydrogen (secondary N) is 1. The number of para-hydroxylation sites is 1. The summed E-state index contributed by atoms with van der Waals surface area (Å²) < 4.78 is 23.7. The SMILES string of the molecule is CC[C@]12C=CCN3CC[C@@]4(c5cc([C@@]6(C(=O)OC)C[C@@H]7C=C(C)CN(C7)c7c6[nH]c6ccccc76)c(OC)cc5N(C)[C@H]4[C@@](O)(C(=O)OC)[C@@H]1OC(C)=O)[C@@H]32.O=C(O)C(O)C(O)C(=O)O. The lowest BCUT2D eigenvalue weighted by Gasteiger charge is -2.63. The van der Waals surface area contributed by atoms with Crippen molar-refractivity contribution in [2.75, 3.05) is 64.4 Å². The van der Waals surface area contributed by atoms with Gasteiger partial charge < -0.3 is 59.3 Å². The third-order valence-corrected chi connectivity index (χ3v) is 14.9. The molecule has 1 saturated carbocycles. The Morgan fingerprint density at radius 1 is 0.954 bits per heavy atom. The Kier molecular flexibility index (Phi) is 11.4. The van der Waals surface area contributed by atoms with E-state index in [4.69, 9.17) is 39.4 Å². The number of carbonyl (C=O) groups excluding carboxylic acids is 3. The maximum Gasteiger partial charge on any atom is 0.344 e. The lowest BCUT2D eigenvalue weighted by molar-refractivity contribution is -0.228. The molecule has 348 valence electrons. The fourth-order valence-electron chi connectivity index (χ4n) is 12.8. The van der Waals surface area contributed by atoms with Crippen molar-refractivity contribution in [3.8, 4) is 5.75 Å². The molecule has 1 aromatic heterocycles. The van der Waals surface area contributed by atoms with E-state index >= 15 is 4.79 Å². The van der Waals surface area contributed by atoms with E-state index in [0.29, 0.717) is 43.7 Å². The van der Waals surface area contributed by atoms with E-state index in [0.717, 1.165) is 46.6 Å². The van der Waals surface area contributed by atoms with Gasteiger partial charge in [0.25, 0.3) is 0 Å². The first-order chi connectivity index (χ1) is 30.8. The first-order valence-corrected chi connectivity index (χ1v) is 21.6. The lowest BCUT2D eigenvalue weighted by Crippen LogP contribution is -2.81. The van der Waals surface area contributed by atoms with Crippen LogP contribution < -0.4 is 14.5 Å². The molecule has 6 heterocycles. The fraction of sp³-hybridized carbons (Fsp3) is 0.511. The number of hydrogen-bond donors (Lipinski definition) is 6. The number of nitrogens with zero attached hydrogens (tertiary/aromatic N) is 3. The first kappa shape index (κ1) is 45.6. The van der Waals surface area contributed by atoms with Crippen LogP contribution in [0, 0.1) is 11.3 Å². The van der Waals surface area contributed by atoms with Crippen molar-refractivity contribution in [2.45, 2.75) is 86.9 Å². The molecule has 0 amide bonds. The van der Waals surface area contributed by atoms with Gasteiger partial charge in [-0.1, -0.05) is 48.9 Å². The number of aliphatic hydroxyl groups excluding tert-OH is 2. The second-order valence-corrected chi connectivity index (χ2v) is 18.2. The number of likely N-dealkylation sites (N-methyl/N-ethyl adjacent to an activating group) is 1. The van der Waals surface area contributed by atoms with Gasteiger partial charge in [-0.3, -0.25) is 14.5 Å². The average molecular weight is 901 g/mol. The molecule has 2 bridgehead atoms. The number of fused-ring (bicyclic) bond motifs is 7. The number of ether oxygens (including phenoxy) is 4. The van der Waals surface area contributed by atoms with Crippen LogP contribution >= 0.6 is 0 Å². The summed E-state index contributed by atoms with van der Waals surface area (Å²) in [6, 6.07) is 11.1. The third kappa shape index (κ3) is 6.31. The van der Waals surface area contributed by atoms with E-state index in [9.17, 15) is 24.3 Å². The van der Waals surface area contributed by atoms with Crippen molar-refractivity contribution < 1.29 is 68.5 Å². The Balaban J connectivity index is 0.000000517. The molecule has 3 aromatic rings. The van der Waals surface area contributed by atoms with Crippen LogP contribution in [-0.4, -0.2) is 156 Å². The van der Waals surface area contributed by atoms with Crippen molar-refractivity contribution in [1.29, 1.82) is 0 Å². The molecule has 1 saturated heterocycles. The van der Waals surface area contributed by atoms with Crippen LogP contribution in [0.25, 0.3) is 10.9 Å². The smallest absolute Gasteiger partial charge is 0.344 e. The van der Waals surface area contributed by atoms with Crippen molar-refractivity contribution in [3.05, 3.63) is 77.0 Å². The average Bonchev–Trinajstić information content (AvgIpc) is 3.93. The summed E-state index contributed by atoms with van der Waals surface area (Å²) in [5, 5.41) is 46.8. The molecule has 65 heavy (non-hydrogen) atoms. The maximum absolute atomic E-state index is 15.0. The second kappa shape index (κ2) is 16.2. The van der Waals surface area contributed by atoms with E-state index in [-0.39, 0.29) is 12.0 Å². The van der Waals surface area contributed by atoms with Gasteiger partial charge >= 0.3 is 29.8 Å². The van der Waals surface area contributed by atoms with Gasteiger partial charge in [0.05, 0.1) is 38.8 Å². The van der Waals surface area contributed by atoms with E-state index in [1.807, 2.05) is 43.1 Å². The number of esters is 3. The Morgan fingerprint density at radius 3 is 2.25 bits per heavy atom. The summed E-state index contributed by atoms with van der Waals surface area (Å²) in [4.78, 5) is 72.3. The zero-order chi connectivity index (χ0) is 47.1. The second-order valence-electron chi connectivity index (χ2n) is 18.2. The largest absolute Gasteiger partial charge is 0.496 e. The van der Waals surface area contributed by atoms with E-state index < -0.39 is 76.0 Å². The number of H-pyrrole nitrogens is 1. The molecule has 10 atom stereocenters. The lowest BCUT2D eigenvalue weighted by atomic mass is 9.47. The molecule has 2 fully saturated rings. The summed E-state index contributed by atoms with van der Waals surface area (Å²) in [6.45, 7) is 8.29. The normalized spacial score (nSPS) is 31.4. The van der Waals surface area contributed by atoms with Crippen molar-refractivity contribution in [3.63, 3.8) is 0 Å². The molecular formula is C47H56N4O14. The number of carboxylic acids is 2. The van der Waals surface area contributed by atoms with Crippen LogP contribution in [0.5, 0.6) is 5.75 Å². The van der Waals surface area contributed by atoms with Crippen LogP contribution in [0.15, 0.2) is 60.2 Å². The highest BCUT2D eigenvalue weighted by Crippen LogP contribution is 2.68. The van der Waals surface area contributed by atoms with Gasteiger partial charge in [0.15, 0.2) is 18.3 Å². The Bertz CT molecular complexity index is 2520. The minimum Gasteiger partial charge on any atom is -0.496 e. The van der Waals surface area contributed by atoms with E-state index in [1.165, 1.54) is 26.7 Å². The summed E-state index contributed by atoms with van der Waals surface area (Å²) in [6.07, 6.45) is 2.13. The quantitative estimate of drug-likeness (QED) is 0.102. The van der Waals surface area contributed by atoms with Crippen molar-refractivity contribution in [2.24, 2.45) is 11.3 Å². The number of rotatable bonds is 9. The molecule has 6 N–H and O–H groups in total. The minimum absolute atomic E-state index is 0.0146. The number of aromatic nitrogens is 1. The molecule has 18 nitrogen and oxygen atoms in total. The van der Waals surface area contributed by atoms with E-state index in [2.05, 4.69) is 52.1 Å². The number of benzene rings is 2. The molecular weight excluding hydrogens is 845 g/mol.